The van der Waals surface area contributed by atoms with Gasteiger partial charge in [-0.15, -0.1) is 0 Å². The number of likely N-dealkylation sites (tertiary alicyclic amines) is 1. The standard InChI is InChI=1S/C18H25NO4/c1-3-22-18(21)15-7-5-10-19(13-15)17(20)9-11-23-16-8-4-6-14(2)12-16/h4,6,8,12,15H,3,5,7,9-11,13H2,1-2H3. The first-order valence-corrected chi connectivity index (χ1v) is 8.24. The van der Waals surface area contributed by atoms with Crippen LogP contribution in [0.1, 0.15) is 31.7 Å². The number of carbonyl (C=O) groups excluding carboxylic acids is 2. The summed E-state index contributed by atoms with van der Waals surface area (Å²) in [5.41, 5.74) is 1.13. The Morgan fingerprint density at radius 3 is 2.91 bits per heavy atom. The minimum absolute atomic E-state index is 0.0339. The summed E-state index contributed by atoms with van der Waals surface area (Å²) in [7, 11) is 0. The lowest BCUT2D eigenvalue weighted by atomic mass is 9.98. The Labute approximate surface area is 137 Å². The van der Waals surface area contributed by atoms with Crippen LogP contribution in [0, 0.1) is 12.8 Å². The van der Waals surface area contributed by atoms with E-state index in [1.165, 1.54) is 0 Å². The Hall–Kier alpha value is -2.04. The second-order valence-electron chi connectivity index (χ2n) is 5.85. The first kappa shape index (κ1) is 17.3. The van der Waals surface area contributed by atoms with Gasteiger partial charge in [0.25, 0.3) is 0 Å². The van der Waals surface area contributed by atoms with Crippen LogP contribution in [0.25, 0.3) is 0 Å². The lowest BCUT2D eigenvalue weighted by molar-refractivity contribution is -0.151. The lowest BCUT2D eigenvalue weighted by Gasteiger charge is -2.31. The van der Waals surface area contributed by atoms with Crippen LogP contribution in [0.5, 0.6) is 5.75 Å². The van der Waals surface area contributed by atoms with Crippen molar-refractivity contribution in [3.05, 3.63) is 29.8 Å². The Kier molecular flexibility index (Phi) is 6.44. The van der Waals surface area contributed by atoms with E-state index in [1.807, 2.05) is 31.2 Å². The van der Waals surface area contributed by atoms with Crippen molar-refractivity contribution in [3.8, 4) is 5.75 Å². The molecule has 1 aliphatic heterocycles. The summed E-state index contributed by atoms with van der Waals surface area (Å²) in [6.07, 6.45) is 1.96. The van der Waals surface area contributed by atoms with Crippen molar-refractivity contribution in [1.82, 2.24) is 4.90 Å². The molecule has 0 aliphatic carbocycles. The zero-order valence-corrected chi connectivity index (χ0v) is 13.9. The van der Waals surface area contributed by atoms with E-state index >= 15 is 0 Å². The van der Waals surface area contributed by atoms with Crippen LogP contribution in [0.15, 0.2) is 24.3 Å². The molecule has 0 aromatic heterocycles. The summed E-state index contributed by atoms with van der Waals surface area (Å²) in [5.74, 6) is 0.429. The van der Waals surface area contributed by atoms with Gasteiger partial charge in [-0.2, -0.15) is 0 Å². The van der Waals surface area contributed by atoms with E-state index in [1.54, 1.807) is 11.8 Å². The molecule has 0 saturated carbocycles. The molecule has 23 heavy (non-hydrogen) atoms. The highest BCUT2D eigenvalue weighted by Gasteiger charge is 2.29. The van der Waals surface area contributed by atoms with Crippen molar-refractivity contribution in [2.24, 2.45) is 5.92 Å². The van der Waals surface area contributed by atoms with E-state index in [2.05, 4.69) is 0 Å². The molecule has 1 aromatic carbocycles. The zero-order valence-electron chi connectivity index (χ0n) is 13.9. The molecule has 1 atom stereocenters. The second-order valence-corrected chi connectivity index (χ2v) is 5.85. The summed E-state index contributed by atoms with van der Waals surface area (Å²) in [5, 5.41) is 0. The number of nitrogens with zero attached hydrogens (tertiary/aromatic N) is 1. The fourth-order valence-corrected chi connectivity index (χ4v) is 2.78. The van der Waals surface area contributed by atoms with Crippen molar-refractivity contribution in [3.63, 3.8) is 0 Å². The first-order chi connectivity index (χ1) is 11.1. The number of esters is 1. The van der Waals surface area contributed by atoms with Gasteiger partial charge in [-0.25, -0.2) is 0 Å². The van der Waals surface area contributed by atoms with Crippen molar-refractivity contribution in [1.29, 1.82) is 0 Å². The van der Waals surface area contributed by atoms with Gasteiger partial charge in [-0.3, -0.25) is 9.59 Å². The van der Waals surface area contributed by atoms with Gasteiger partial charge in [0, 0.05) is 13.1 Å². The number of hydrogen-bond donors (Lipinski definition) is 0. The van der Waals surface area contributed by atoms with Crippen LogP contribution in [-0.2, 0) is 14.3 Å². The number of amides is 1. The van der Waals surface area contributed by atoms with Gasteiger partial charge < -0.3 is 14.4 Å². The third-order valence-electron chi connectivity index (χ3n) is 3.97. The smallest absolute Gasteiger partial charge is 0.310 e. The number of hydrogen-bond acceptors (Lipinski definition) is 4. The van der Waals surface area contributed by atoms with Crippen LogP contribution in [0.2, 0.25) is 0 Å². The van der Waals surface area contributed by atoms with Crippen LogP contribution >= 0.6 is 0 Å². The van der Waals surface area contributed by atoms with E-state index in [0.717, 1.165) is 24.2 Å². The molecule has 1 amide bonds. The van der Waals surface area contributed by atoms with Gasteiger partial charge >= 0.3 is 5.97 Å². The van der Waals surface area contributed by atoms with Crippen molar-refractivity contribution >= 4 is 11.9 Å². The highest BCUT2D eigenvalue weighted by atomic mass is 16.5. The largest absolute Gasteiger partial charge is 0.493 e. The Bertz CT molecular complexity index is 544. The summed E-state index contributed by atoms with van der Waals surface area (Å²) >= 11 is 0. The fourth-order valence-electron chi connectivity index (χ4n) is 2.78. The molecular formula is C18H25NO4. The van der Waals surface area contributed by atoms with Gasteiger partial charge in [0.1, 0.15) is 5.75 Å². The number of carbonyl (C=O) groups is 2. The number of ether oxygens (including phenoxy) is 2. The monoisotopic (exact) mass is 319 g/mol. The third-order valence-corrected chi connectivity index (χ3v) is 3.97. The topological polar surface area (TPSA) is 55.8 Å². The molecule has 0 spiro atoms. The maximum atomic E-state index is 12.3. The second kappa shape index (κ2) is 8.56. The molecule has 0 N–H and O–H groups in total. The molecule has 0 radical (unpaired) electrons. The average molecular weight is 319 g/mol. The number of benzene rings is 1. The summed E-state index contributed by atoms with van der Waals surface area (Å²) in [4.78, 5) is 25.8. The van der Waals surface area contributed by atoms with E-state index in [9.17, 15) is 9.59 Å². The molecule has 1 heterocycles. The highest BCUT2D eigenvalue weighted by Crippen LogP contribution is 2.19. The molecule has 1 aliphatic rings. The predicted molar refractivity (Wildman–Crippen MR) is 87.2 cm³/mol. The number of rotatable bonds is 6. The fraction of sp³-hybridized carbons (Fsp3) is 0.556. The Morgan fingerprint density at radius 1 is 1.35 bits per heavy atom. The SMILES string of the molecule is CCOC(=O)C1CCCN(C(=O)CCOc2cccc(C)c2)C1. The van der Waals surface area contributed by atoms with E-state index in [4.69, 9.17) is 9.47 Å². The molecule has 1 saturated heterocycles. The number of piperidine rings is 1. The molecule has 0 bridgehead atoms. The molecule has 1 aromatic rings. The normalized spacial score (nSPS) is 17.7. The van der Waals surface area contributed by atoms with Crippen molar-refractivity contribution in [2.45, 2.75) is 33.1 Å². The van der Waals surface area contributed by atoms with Crippen LogP contribution in [-0.4, -0.2) is 43.1 Å². The molecular weight excluding hydrogens is 294 g/mol. The van der Waals surface area contributed by atoms with E-state index < -0.39 is 0 Å². The minimum atomic E-state index is -0.194. The van der Waals surface area contributed by atoms with E-state index in [0.29, 0.717) is 32.7 Å². The number of aryl methyl sites for hydroxylation is 1. The highest BCUT2D eigenvalue weighted by molar-refractivity contribution is 5.78. The molecule has 1 fully saturated rings. The van der Waals surface area contributed by atoms with Gasteiger partial charge in [0.2, 0.25) is 5.91 Å². The predicted octanol–water partition coefficient (Wildman–Crippen LogP) is 2.57. The molecule has 2 rings (SSSR count). The molecule has 5 nitrogen and oxygen atoms in total. The van der Waals surface area contributed by atoms with Crippen molar-refractivity contribution in [2.75, 3.05) is 26.3 Å². The van der Waals surface area contributed by atoms with Gasteiger partial charge in [0.05, 0.1) is 25.6 Å². The molecule has 5 heteroatoms. The average Bonchev–Trinajstić information content (AvgIpc) is 2.55. The minimum Gasteiger partial charge on any atom is -0.493 e. The van der Waals surface area contributed by atoms with E-state index in [-0.39, 0.29) is 17.8 Å². The van der Waals surface area contributed by atoms with Gasteiger partial charge in [-0.05, 0) is 44.4 Å². The third kappa shape index (κ3) is 5.27. The maximum absolute atomic E-state index is 12.3. The van der Waals surface area contributed by atoms with Crippen LogP contribution < -0.4 is 4.74 Å². The summed E-state index contributed by atoms with van der Waals surface area (Å²) in [6.45, 7) is 5.70. The van der Waals surface area contributed by atoms with Gasteiger partial charge in [0.15, 0.2) is 0 Å². The zero-order chi connectivity index (χ0) is 16.7. The Morgan fingerprint density at radius 2 is 2.17 bits per heavy atom. The van der Waals surface area contributed by atoms with Gasteiger partial charge in [-0.1, -0.05) is 12.1 Å². The molecule has 126 valence electrons. The molecule has 1 unspecified atom stereocenters. The Balaban J connectivity index is 1.77. The maximum Gasteiger partial charge on any atom is 0.310 e. The van der Waals surface area contributed by atoms with Crippen molar-refractivity contribution < 1.29 is 19.1 Å². The van der Waals surface area contributed by atoms with Crippen LogP contribution in [0.3, 0.4) is 0 Å². The quantitative estimate of drug-likeness (QED) is 0.756. The summed E-state index contributed by atoms with van der Waals surface area (Å²) < 4.78 is 10.7. The summed E-state index contributed by atoms with van der Waals surface area (Å²) in [6, 6.07) is 7.76. The lowest BCUT2D eigenvalue weighted by Crippen LogP contribution is -2.43. The first-order valence-electron chi connectivity index (χ1n) is 8.24. The van der Waals surface area contributed by atoms with Crippen LogP contribution in [0.4, 0.5) is 0 Å².